The largest absolute Gasteiger partial charge is 0.472 e. The third kappa shape index (κ3) is 58.4. The molecule has 0 aromatic rings. The summed E-state index contributed by atoms with van der Waals surface area (Å²) >= 11 is 0. The fourth-order valence-electron chi connectivity index (χ4n) is 7.96. The highest BCUT2D eigenvalue weighted by molar-refractivity contribution is 7.47. The van der Waals surface area contributed by atoms with Crippen molar-refractivity contribution in [1.82, 2.24) is 0 Å². The Labute approximate surface area is 439 Å². The van der Waals surface area contributed by atoms with Crippen LogP contribution in [0.1, 0.15) is 245 Å². The highest BCUT2D eigenvalue weighted by Crippen LogP contribution is 2.43. The van der Waals surface area contributed by atoms with E-state index in [1.807, 2.05) is 21.1 Å². The molecule has 0 saturated heterocycles. The van der Waals surface area contributed by atoms with Gasteiger partial charge in [0.15, 0.2) is 0 Å². The molecule has 9 heteroatoms. The molecular formula is C62H113NO7P+. The van der Waals surface area contributed by atoms with Crippen LogP contribution in [0.3, 0.4) is 0 Å². The summed E-state index contributed by atoms with van der Waals surface area (Å²) in [4.78, 5) is 23.1. The van der Waals surface area contributed by atoms with E-state index in [9.17, 15) is 14.3 Å². The molecule has 2 unspecified atom stereocenters. The fraction of sp³-hybridized carbons (Fsp3) is 0.758. The molecule has 0 aromatic carbocycles. The summed E-state index contributed by atoms with van der Waals surface area (Å²) in [5, 5.41) is 0. The molecule has 1 N–H and O–H groups in total. The van der Waals surface area contributed by atoms with Crippen LogP contribution in [0.15, 0.2) is 85.1 Å². The zero-order valence-corrected chi connectivity index (χ0v) is 47.8. The van der Waals surface area contributed by atoms with Crippen LogP contribution in [0.5, 0.6) is 0 Å². The molecule has 0 bridgehead atoms. The van der Waals surface area contributed by atoms with Crippen molar-refractivity contribution in [3.05, 3.63) is 85.1 Å². The number of unbranched alkanes of at least 4 members (excludes halogenated alkanes) is 26. The molecule has 0 fully saturated rings. The zero-order valence-electron chi connectivity index (χ0n) is 46.9. The third-order valence-electron chi connectivity index (χ3n) is 12.4. The summed E-state index contributed by atoms with van der Waals surface area (Å²) in [5.74, 6) is -0.320. The number of phosphoric acid groups is 1. The van der Waals surface area contributed by atoms with E-state index in [0.29, 0.717) is 24.1 Å². The van der Waals surface area contributed by atoms with E-state index in [4.69, 9.17) is 18.5 Å². The van der Waals surface area contributed by atoms with Crippen LogP contribution in [0.4, 0.5) is 0 Å². The minimum atomic E-state index is -4.29. The van der Waals surface area contributed by atoms with Crippen LogP contribution in [-0.2, 0) is 27.9 Å². The Kier molecular flexibility index (Phi) is 52.2. The van der Waals surface area contributed by atoms with E-state index < -0.39 is 13.9 Å². The number of phosphoric ester groups is 1. The van der Waals surface area contributed by atoms with Gasteiger partial charge in [0.25, 0.3) is 0 Å². The average Bonchev–Trinajstić information content (AvgIpc) is 3.33. The molecule has 412 valence electrons. The molecule has 2 atom stereocenters. The van der Waals surface area contributed by atoms with Crippen molar-refractivity contribution in [2.24, 2.45) is 0 Å². The van der Waals surface area contributed by atoms with Crippen LogP contribution in [0.2, 0.25) is 0 Å². The molecule has 0 heterocycles. The van der Waals surface area contributed by atoms with Crippen molar-refractivity contribution in [2.45, 2.75) is 251 Å². The molecule has 0 rings (SSSR count). The Bertz CT molecular complexity index is 1410. The van der Waals surface area contributed by atoms with Crippen molar-refractivity contribution >= 4 is 13.8 Å². The SMILES string of the molecule is CC/C=C\C/C=C\C/C=C\C/C=C\CCCCCCCCCCCCC(=O)OC(COCCCCCCCCCCCCC/C=C\C/C=C\C/C=C\CCCCCCC)COP(=O)(O)OCC[N+](C)(C)C. The van der Waals surface area contributed by atoms with Gasteiger partial charge in [-0.05, 0) is 89.9 Å². The molecule has 0 amide bonds. The molecule has 0 aliphatic rings. The van der Waals surface area contributed by atoms with Gasteiger partial charge in [0, 0.05) is 13.0 Å². The van der Waals surface area contributed by atoms with E-state index in [2.05, 4.69) is 98.9 Å². The van der Waals surface area contributed by atoms with Gasteiger partial charge in [0.2, 0.25) is 0 Å². The van der Waals surface area contributed by atoms with E-state index in [1.54, 1.807) is 0 Å². The van der Waals surface area contributed by atoms with Gasteiger partial charge < -0.3 is 18.9 Å². The minimum absolute atomic E-state index is 0.0836. The lowest BCUT2D eigenvalue weighted by atomic mass is 10.0. The number of rotatable bonds is 54. The van der Waals surface area contributed by atoms with Gasteiger partial charge in [0.05, 0.1) is 34.4 Å². The first-order chi connectivity index (χ1) is 34.6. The lowest BCUT2D eigenvalue weighted by molar-refractivity contribution is -0.870. The number of carbonyl (C=O) groups excluding carboxylic acids is 1. The number of esters is 1. The predicted octanol–water partition coefficient (Wildman–Crippen LogP) is 18.7. The minimum Gasteiger partial charge on any atom is -0.457 e. The number of ether oxygens (including phenoxy) is 2. The lowest BCUT2D eigenvalue weighted by Gasteiger charge is -2.24. The van der Waals surface area contributed by atoms with Crippen LogP contribution in [0, 0.1) is 0 Å². The van der Waals surface area contributed by atoms with Gasteiger partial charge in [-0.3, -0.25) is 13.8 Å². The molecule has 0 aliphatic heterocycles. The molecular weight excluding hydrogens is 902 g/mol. The quantitative estimate of drug-likeness (QED) is 0.0213. The van der Waals surface area contributed by atoms with Crippen LogP contribution in [-0.4, -0.2) is 75.6 Å². The first-order valence-electron chi connectivity index (χ1n) is 29.3. The molecule has 0 aliphatic carbocycles. The zero-order chi connectivity index (χ0) is 51.9. The van der Waals surface area contributed by atoms with Gasteiger partial charge in [-0.2, -0.15) is 0 Å². The van der Waals surface area contributed by atoms with Crippen LogP contribution < -0.4 is 0 Å². The monoisotopic (exact) mass is 1010 g/mol. The van der Waals surface area contributed by atoms with Crippen LogP contribution >= 0.6 is 7.82 Å². The maximum atomic E-state index is 12.8. The number of hydrogen-bond donors (Lipinski definition) is 1. The normalized spacial score (nSPS) is 14.1. The first-order valence-corrected chi connectivity index (χ1v) is 30.8. The van der Waals surface area contributed by atoms with E-state index >= 15 is 0 Å². The summed E-state index contributed by atoms with van der Waals surface area (Å²) < 4.78 is 35.3. The lowest BCUT2D eigenvalue weighted by Crippen LogP contribution is -2.37. The Hall–Kier alpha value is -2.32. The number of likely N-dealkylation sites (N-methyl/N-ethyl adjacent to an activating group) is 1. The standard InChI is InChI=1S/C62H112NO7P/c1-6-8-10-12-14-16-18-20-22-24-26-28-30-31-32-34-36-38-40-42-44-46-48-50-52-54-57-67-59-61(60-69-71(65,66)68-58-56-63(3,4)5)70-62(64)55-53-51-49-47-45-43-41-39-37-35-33-29-27-25-23-21-19-17-15-13-11-9-7-2/h9,11,15,17-18,20-21,23-24,26-27,29-31,61H,6-8,10,12-14,16,19,22,25,28,32-60H2,1-5H3/p+1/b11-9-,17-15-,20-18-,23-21-,26-24-,29-27-,31-30-. The summed E-state index contributed by atoms with van der Waals surface area (Å²) in [5.41, 5.74) is 0. The Morgan fingerprint density at radius 3 is 1.23 bits per heavy atom. The summed E-state index contributed by atoms with van der Waals surface area (Å²) in [6, 6.07) is 0. The molecule has 0 spiro atoms. The fourth-order valence-corrected chi connectivity index (χ4v) is 8.71. The number of carbonyl (C=O) groups is 1. The number of allylic oxidation sites excluding steroid dienone is 14. The van der Waals surface area contributed by atoms with Crippen LogP contribution in [0.25, 0.3) is 0 Å². The van der Waals surface area contributed by atoms with Crippen molar-refractivity contribution in [3.63, 3.8) is 0 Å². The van der Waals surface area contributed by atoms with E-state index in [0.717, 1.165) is 70.6 Å². The number of hydrogen-bond acceptors (Lipinski definition) is 6. The van der Waals surface area contributed by atoms with Crippen molar-refractivity contribution in [2.75, 3.05) is 54.1 Å². The molecule has 71 heavy (non-hydrogen) atoms. The maximum Gasteiger partial charge on any atom is 0.472 e. The molecule has 0 saturated carbocycles. The molecule has 0 radical (unpaired) electrons. The molecule has 0 aromatic heterocycles. The Balaban J connectivity index is 4.09. The topological polar surface area (TPSA) is 91.3 Å². The van der Waals surface area contributed by atoms with Crippen molar-refractivity contribution < 1.29 is 37.3 Å². The third-order valence-corrected chi connectivity index (χ3v) is 13.4. The summed E-state index contributed by atoms with van der Waals surface area (Å²) in [6.45, 7) is 5.50. The van der Waals surface area contributed by atoms with Crippen molar-refractivity contribution in [1.29, 1.82) is 0 Å². The van der Waals surface area contributed by atoms with Crippen molar-refractivity contribution in [3.8, 4) is 0 Å². The van der Waals surface area contributed by atoms with Gasteiger partial charge >= 0.3 is 13.8 Å². The number of quaternary nitrogens is 1. The average molecular weight is 1020 g/mol. The maximum absolute atomic E-state index is 12.8. The summed E-state index contributed by atoms with van der Waals surface area (Å²) in [6.07, 6.45) is 73.6. The second kappa shape index (κ2) is 54.0. The summed E-state index contributed by atoms with van der Waals surface area (Å²) in [7, 11) is 1.66. The molecule has 8 nitrogen and oxygen atoms in total. The Morgan fingerprint density at radius 1 is 0.451 bits per heavy atom. The smallest absolute Gasteiger partial charge is 0.457 e. The highest BCUT2D eigenvalue weighted by Gasteiger charge is 2.26. The van der Waals surface area contributed by atoms with Gasteiger partial charge in [0.1, 0.15) is 19.3 Å². The first kappa shape index (κ1) is 68.7. The Morgan fingerprint density at radius 2 is 0.817 bits per heavy atom. The second-order valence-electron chi connectivity index (χ2n) is 20.6. The van der Waals surface area contributed by atoms with E-state index in [1.165, 1.54) is 154 Å². The van der Waals surface area contributed by atoms with Gasteiger partial charge in [-0.25, -0.2) is 4.57 Å². The van der Waals surface area contributed by atoms with Gasteiger partial charge in [-0.1, -0.05) is 234 Å². The second-order valence-corrected chi connectivity index (χ2v) is 22.1. The predicted molar refractivity (Wildman–Crippen MR) is 307 cm³/mol. The van der Waals surface area contributed by atoms with Gasteiger partial charge in [-0.15, -0.1) is 0 Å². The highest BCUT2D eigenvalue weighted by atomic mass is 31.2. The number of nitrogens with zero attached hydrogens (tertiary/aromatic N) is 1. The van der Waals surface area contributed by atoms with E-state index in [-0.39, 0.29) is 25.8 Å².